The third-order valence-corrected chi connectivity index (χ3v) is 6.97. The second kappa shape index (κ2) is 8.79. The minimum atomic E-state index is -0.538. The number of benzene rings is 2. The van der Waals surface area contributed by atoms with Crippen LogP contribution >= 0.6 is 11.6 Å². The summed E-state index contributed by atoms with van der Waals surface area (Å²) in [4.78, 5) is 33.3. The second-order valence-corrected chi connectivity index (χ2v) is 10.7. The average molecular weight is 496 g/mol. The molecule has 2 saturated heterocycles. The molecule has 0 radical (unpaired) electrons. The van der Waals surface area contributed by atoms with Gasteiger partial charge in [-0.05, 0) is 50.6 Å². The smallest absolute Gasteiger partial charge is 0.410 e. The van der Waals surface area contributed by atoms with Crippen molar-refractivity contribution < 1.29 is 18.7 Å². The highest BCUT2D eigenvalue weighted by atomic mass is 35.5. The number of fused-ring (bicyclic) bond motifs is 2. The van der Waals surface area contributed by atoms with E-state index in [1.54, 1.807) is 46.3 Å². The zero-order chi connectivity index (χ0) is 24.9. The van der Waals surface area contributed by atoms with E-state index in [0.717, 1.165) is 5.39 Å². The standard InChI is InChI=1S/C27H27ClFN3O3/c1-27(2,3)35-26(34)32-14-18-12-31(13-19(18)15-32)25(33)17-5-6-20(23(29)10-17)16-4-7-21-22(28)8-9-30-24(21)11-16/h4-11,18-19H,12-15H2,1-3H3. The zero-order valence-corrected chi connectivity index (χ0v) is 20.7. The van der Waals surface area contributed by atoms with E-state index in [9.17, 15) is 9.59 Å². The van der Waals surface area contributed by atoms with Crippen LogP contribution in [-0.4, -0.2) is 58.6 Å². The first-order chi connectivity index (χ1) is 16.6. The average Bonchev–Trinajstić information content (AvgIpc) is 3.37. The number of carbonyl (C=O) groups excluding carboxylic acids is 2. The van der Waals surface area contributed by atoms with Crippen LogP contribution < -0.4 is 0 Å². The van der Waals surface area contributed by atoms with Gasteiger partial charge in [0.25, 0.3) is 5.91 Å². The second-order valence-electron chi connectivity index (χ2n) is 10.3. The topological polar surface area (TPSA) is 62.7 Å². The lowest BCUT2D eigenvalue weighted by atomic mass is 10.0. The molecule has 0 saturated carbocycles. The Balaban J connectivity index is 1.27. The molecule has 182 valence electrons. The third-order valence-electron chi connectivity index (χ3n) is 6.64. The van der Waals surface area contributed by atoms with Crippen LogP contribution in [-0.2, 0) is 4.74 Å². The number of amides is 2. The number of rotatable bonds is 2. The molecule has 0 bridgehead atoms. The SMILES string of the molecule is CC(C)(C)OC(=O)N1CC2CN(C(=O)c3ccc(-c4ccc5c(Cl)ccnc5c4)c(F)c3)CC2C1. The van der Waals surface area contributed by atoms with E-state index < -0.39 is 11.4 Å². The summed E-state index contributed by atoms with van der Waals surface area (Å²) < 4.78 is 20.6. The minimum Gasteiger partial charge on any atom is -0.444 e. The van der Waals surface area contributed by atoms with Gasteiger partial charge in [-0.25, -0.2) is 9.18 Å². The fraction of sp³-hybridized carbons (Fsp3) is 0.370. The Hall–Kier alpha value is -3.19. The first-order valence-electron chi connectivity index (χ1n) is 11.7. The van der Waals surface area contributed by atoms with Crippen LogP contribution in [0.2, 0.25) is 5.02 Å². The summed E-state index contributed by atoms with van der Waals surface area (Å²) in [5, 5.41) is 1.39. The molecule has 0 N–H and O–H groups in total. The van der Waals surface area contributed by atoms with Gasteiger partial charge in [0.05, 0.1) is 10.5 Å². The Morgan fingerprint density at radius 2 is 1.69 bits per heavy atom. The van der Waals surface area contributed by atoms with Gasteiger partial charge in [-0.15, -0.1) is 0 Å². The van der Waals surface area contributed by atoms with Crippen LogP contribution in [0.1, 0.15) is 31.1 Å². The van der Waals surface area contributed by atoms with E-state index in [0.29, 0.717) is 53.4 Å². The van der Waals surface area contributed by atoms with Crippen molar-refractivity contribution in [1.82, 2.24) is 14.8 Å². The lowest BCUT2D eigenvalue weighted by Crippen LogP contribution is -2.38. The highest BCUT2D eigenvalue weighted by Crippen LogP contribution is 2.34. The molecule has 2 amide bonds. The van der Waals surface area contributed by atoms with Crippen molar-refractivity contribution in [3.05, 3.63) is 65.1 Å². The van der Waals surface area contributed by atoms with Gasteiger partial charge in [-0.1, -0.05) is 29.8 Å². The molecule has 2 aliphatic rings. The van der Waals surface area contributed by atoms with E-state index in [1.807, 2.05) is 26.8 Å². The van der Waals surface area contributed by atoms with Crippen LogP contribution in [0.25, 0.3) is 22.0 Å². The molecular formula is C27H27ClFN3O3. The van der Waals surface area contributed by atoms with E-state index >= 15 is 4.39 Å². The predicted molar refractivity (Wildman–Crippen MR) is 133 cm³/mol. The maximum Gasteiger partial charge on any atom is 0.410 e. The van der Waals surface area contributed by atoms with Gasteiger partial charge in [-0.3, -0.25) is 9.78 Å². The molecule has 2 fully saturated rings. The first-order valence-corrected chi connectivity index (χ1v) is 12.1. The summed E-state index contributed by atoms with van der Waals surface area (Å²) >= 11 is 6.21. The normalized spacial score (nSPS) is 19.8. The van der Waals surface area contributed by atoms with Gasteiger partial charge >= 0.3 is 6.09 Å². The Labute approximate surface area is 208 Å². The Morgan fingerprint density at radius 3 is 2.34 bits per heavy atom. The van der Waals surface area contributed by atoms with Crippen LogP contribution in [0.5, 0.6) is 0 Å². The Bertz CT molecular complexity index is 1310. The summed E-state index contributed by atoms with van der Waals surface area (Å²) in [6, 6.07) is 11.7. The molecule has 8 heteroatoms. The lowest BCUT2D eigenvalue weighted by Gasteiger charge is -2.26. The predicted octanol–water partition coefficient (Wildman–Crippen LogP) is 5.63. The molecule has 0 aliphatic carbocycles. The molecule has 2 aromatic carbocycles. The molecule has 35 heavy (non-hydrogen) atoms. The van der Waals surface area contributed by atoms with E-state index in [4.69, 9.17) is 16.3 Å². The van der Waals surface area contributed by atoms with E-state index in [2.05, 4.69) is 4.98 Å². The number of nitrogens with zero attached hydrogens (tertiary/aromatic N) is 3. The molecule has 0 spiro atoms. The monoisotopic (exact) mass is 495 g/mol. The van der Waals surface area contributed by atoms with Gasteiger partial charge in [0.1, 0.15) is 11.4 Å². The van der Waals surface area contributed by atoms with Crippen molar-refractivity contribution in [3.63, 3.8) is 0 Å². The van der Waals surface area contributed by atoms with Crippen LogP contribution in [0, 0.1) is 17.7 Å². The molecule has 3 aromatic rings. The highest BCUT2D eigenvalue weighted by Gasteiger charge is 2.44. The van der Waals surface area contributed by atoms with E-state index in [1.165, 1.54) is 6.07 Å². The van der Waals surface area contributed by atoms with Gasteiger partial charge in [0, 0.05) is 60.7 Å². The van der Waals surface area contributed by atoms with Gasteiger partial charge in [-0.2, -0.15) is 0 Å². The van der Waals surface area contributed by atoms with Crippen molar-refractivity contribution in [2.45, 2.75) is 26.4 Å². The van der Waals surface area contributed by atoms with Gasteiger partial charge in [0.15, 0.2) is 0 Å². The molecule has 2 atom stereocenters. The third kappa shape index (κ3) is 4.69. The van der Waals surface area contributed by atoms with Crippen LogP contribution in [0.15, 0.2) is 48.7 Å². The van der Waals surface area contributed by atoms with Crippen molar-refractivity contribution in [1.29, 1.82) is 0 Å². The molecule has 1 aromatic heterocycles. The summed E-state index contributed by atoms with van der Waals surface area (Å²) in [6.45, 7) is 7.76. The largest absolute Gasteiger partial charge is 0.444 e. The Morgan fingerprint density at radius 1 is 1.00 bits per heavy atom. The van der Waals surface area contributed by atoms with Crippen molar-refractivity contribution in [3.8, 4) is 11.1 Å². The van der Waals surface area contributed by atoms with Gasteiger partial charge in [0.2, 0.25) is 0 Å². The summed E-state index contributed by atoms with van der Waals surface area (Å²) in [7, 11) is 0. The first kappa shape index (κ1) is 23.5. The van der Waals surface area contributed by atoms with Gasteiger partial charge < -0.3 is 14.5 Å². The molecule has 5 rings (SSSR count). The number of hydrogen-bond acceptors (Lipinski definition) is 4. The maximum absolute atomic E-state index is 15.1. The molecular weight excluding hydrogens is 469 g/mol. The van der Waals surface area contributed by atoms with Crippen molar-refractivity contribution in [2.75, 3.05) is 26.2 Å². The lowest BCUT2D eigenvalue weighted by molar-refractivity contribution is 0.0275. The summed E-state index contributed by atoms with van der Waals surface area (Å²) in [6.07, 6.45) is 1.30. The number of carbonyl (C=O) groups is 2. The zero-order valence-electron chi connectivity index (χ0n) is 19.9. The Kier molecular flexibility index (Phi) is 5.91. The molecule has 2 unspecified atom stereocenters. The summed E-state index contributed by atoms with van der Waals surface area (Å²) in [5.41, 5.74) is 1.53. The number of aromatic nitrogens is 1. The quantitative estimate of drug-likeness (QED) is 0.462. The van der Waals surface area contributed by atoms with Crippen LogP contribution in [0.3, 0.4) is 0 Å². The van der Waals surface area contributed by atoms with E-state index in [-0.39, 0.29) is 23.8 Å². The maximum atomic E-state index is 15.1. The number of halogens is 2. The molecule has 3 heterocycles. The molecule has 6 nitrogen and oxygen atoms in total. The van der Waals surface area contributed by atoms with Crippen molar-refractivity contribution >= 4 is 34.5 Å². The number of pyridine rings is 1. The molecule has 2 aliphatic heterocycles. The number of hydrogen-bond donors (Lipinski definition) is 0. The number of likely N-dealkylation sites (tertiary alicyclic amines) is 2. The fourth-order valence-electron chi connectivity index (χ4n) is 4.98. The fourth-order valence-corrected chi connectivity index (χ4v) is 5.20. The minimum absolute atomic E-state index is 0.194. The van der Waals surface area contributed by atoms with Crippen LogP contribution in [0.4, 0.5) is 9.18 Å². The van der Waals surface area contributed by atoms with Crippen molar-refractivity contribution in [2.24, 2.45) is 11.8 Å². The highest BCUT2D eigenvalue weighted by molar-refractivity contribution is 6.35. The number of ether oxygens (including phenoxy) is 1. The summed E-state index contributed by atoms with van der Waals surface area (Å²) in [5.74, 6) is -0.256.